The van der Waals surface area contributed by atoms with Gasteiger partial charge in [0.15, 0.2) is 0 Å². The lowest BCUT2D eigenvalue weighted by Crippen LogP contribution is -2.13. The Bertz CT molecular complexity index is 921. The molecule has 0 aliphatic heterocycles. The van der Waals surface area contributed by atoms with Crippen molar-refractivity contribution in [2.75, 3.05) is 5.32 Å². The molecule has 0 saturated carbocycles. The Labute approximate surface area is 163 Å². The van der Waals surface area contributed by atoms with E-state index in [1.807, 2.05) is 24.3 Å². The minimum absolute atomic E-state index is 0.218. The van der Waals surface area contributed by atoms with Crippen molar-refractivity contribution in [2.24, 2.45) is 0 Å². The molecule has 0 amide bonds. The molecular formula is C18H16Cl2N2OS2. The van der Waals surface area contributed by atoms with E-state index in [-0.39, 0.29) is 5.92 Å². The quantitative estimate of drug-likeness (QED) is 0.405. The molecule has 0 saturated heterocycles. The van der Waals surface area contributed by atoms with Gasteiger partial charge in [-0.25, -0.2) is 4.98 Å². The molecule has 3 nitrogen and oxygen atoms in total. The zero-order valence-corrected chi connectivity index (χ0v) is 16.4. The van der Waals surface area contributed by atoms with Crippen molar-refractivity contribution in [2.45, 2.75) is 31.4 Å². The summed E-state index contributed by atoms with van der Waals surface area (Å²) in [4.78, 5) is 6.77. The van der Waals surface area contributed by atoms with Crippen molar-refractivity contribution >= 4 is 61.8 Å². The van der Waals surface area contributed by atoms with Crippen molar-refractivity contribution in [1.82, 2.24) is 4.98 Å². The summed E-state index contributed by atoms with van der Waals surface area (Å²) in [6.45, 7) is 0.739. The first-order chi connectivity index (χ1) is 12.1. The van der Waals surface area contributed by atoms with E-state index in [1.54, 1.807) is 22.7 Å². The lowest BCUT2D eigenvalue weighted by atomic mass is 9.91. The van der Waals surface area contributed by atoms with Gasteiger partial charge in [0.05, 0.1) is 21.5 Å². The van der Waals surface area contributed by atoms with Gasteiger partial charge >= 0.3 is 0 Å². The Morgan fingerprint density at radius 3 is 3.00 bits per heavy atom. The van der Waals surface area contributed by atoms with Gasteiger partial charge < -0.3 is 10.4 Å². The lowest BCUT2D eigenvalue weighted by Gasteiger charge is -2.20. The highest BCUT2D eigenvalue weighted by atomic mass is 35.5. The minimum Gasteiger partial charge on any atom is -0.389 e. The fourth-order valence-electron chi connectivity index (χ4n) is 3.10. The maximum Gasteiger partial charge on any atom is 0.131 e. The van der Waals surface area contributed by atoms with E-state index in [1.165, 1.54) is 4.88 Å². The van der Waals surface area contributed by atoms with Gasteiger partial charge in [0.2, 0.25) is 0 Å². The summed E-state index contributed by atoms with van der Waals surface area (Å²) in [5.74, 6) is 0.218. The van der Waals surface area contributed by atoms with Crippen LogP contribution < -0.4 is 5.32 Å². The van der Waals surface area contributed by atoms with Gasteiger partial charge in [-0.2, -0.15) is 0 Å². The highest BCUT2D eigenvalue weighted by Gasteiger charge is 2.25. The van der Waals surface area contributed by atoms with Crippen LogP contribution in [-0.4, -0.2) is 16.2 Å². The van der Waals surface area contributed by atoms with Gasteiger partial charge in [-0.3, -0.25) is 0 Å². The van der Waals surface area contributed by atoms with E-state index in [0.717, 1.165) is 33.7 Å². The highest BCUT2D eigenvalue weighted by Crippen LogP contribution is 2.45. The second-order valence-electron chi connectivity index (χ2n) is 6.05. The van der Waals surface area contributed by atoms with Crippen molar-refractivity contribution in [3.63, 3.8) is 0 Å². The van der Waals surface area contributed by atoms with Crippen LogP contribution in [0.3, 0.4) is 0 Å². The number of aliphatic hydroxyl groups excluding tert-OH is 1. The van der Waals surface area contributed by atoms with E-state index in [9.17, 15) is 5.11 Å². The first kappa shape index (κ1) is 17.3. The molecule has 4 rings (SSSR count). The molecule has 3 aromatic heterocycles. The molecule has 0 bridgehead atoms. The number of allylic oxidation sites excluding steroid dienone is 1. The molecule has 0 radical (unpaired) electrons. The number of thiophene rings is 2. The van der Waals surface area contributed by atoms with Gasteiger partial charge in [0.25, 0.3) is 0 Å². The summed E-state index contributed by atoms with van der Waals surface area (Å²) >= 11 is 16.2. The number of aliphatic hydroxyl groups is 1. The third kappa shape index (κ3) is 3.57. The zero-order chi connectivity index (χ0) is 17.4. The Morgan fingerprint density at radius 2 is 2.24 bits per heavy atom. The highest BCUT2D eigenvalue weighted by molar-refractivity contribution is 7.20. The van der Waals surface area contributed by atoms with Gasteiger partial charge in [0, 0.05) is 28.3 Å². The summed E-state index contributed by atoms with van der Waals surface area (Å²) in [5, 5.41) is 16.5. The number of hydrogen-bond donors (Lipinski definition) is 2. The summed E-state index contributed by atoms with van der Waals surface area (Å²) in [6, 6.07) is 5.99. The van der Waals surface area contributed by atoms with Gasteiger partial charge in [-0.15, -0.1) is 22.7 Å². The third-order valence-electron chi connectivity index (χ3n) is 4.29. The standard InChI is InChI=1S/C18H16Cl2N2OS2/c19-14-8-13(21-9-12-5-2-6-24-12)18-16(22-14)15(20)17(25-18)10-3-1-4-11(23)7-10/h1-2,4-6,8,10-11,23H,3,7,9H2,(H,21,22). The smallest absolute Gasteiger partial charge is 0.131 e. The molecule has 1 aliphatic rings. The summed E-state index contributed by atoms with van der Waals surface area (Å²) in [6.07, 6.45) is 5.04. The van der Waals surface area contributed by atoms with E-state index in [2.05, 4.69) is 21.7 Å². The van der Waals surface area contributed by atoms with Crippen molar-refractivity contribution in [3.05, 3.63) is 55.7 Å². The second kappa shape index (κ2) is 7.25. The molecule has 3 aromatic rings. The number of anilines is 1. The Morgan fingerprint density at radius 1 is 1.36 bits per heavy atom. The van der Waals surface area contributed by atoms with E-state index < -0.39 is 6.10 Å². The fourth-order valence-corrected chi connectivity index (χ4v) is 5.65. The number of nitrogens with zero attached hydrogens (tertiary/aromatic N) is 1. The minimum atomic E-state index is -0.409. The predicted molar refractivity (Wildman–Crippen MR) is 108 cm³/mol. The van der Waals surface area contributed by atoms with Gasteiger partial charge in [-0.1, -0.05) is 41.4 Å². The Balaban J connectivity index is 1.71. The number of pyridine rings is 1. The normalized spacial score (nSPS) is 20.3. The number of fused-ring (bicyclic) bond motifs is 1. The summed E-state index contributed by atoms with van der Waals surface area (Å²) in [5.41, 5.74) is 1.69. The van der Waals surface area contributed by atoms with Gasteiger partial charge in [0.1, 0.15) is 10.7 Å². The van der Waals surface area contributed by atoms with E-state index in [0.29, 0.717) is 16.6 Å². The first-order valence-corrected chi connectivity index (χ1v) is 10.5. The van der Waals surface area contributed by atoms with Crippen LogP contribution in [0.25, 0.3) is 10.2 Å². The van der Waals surface area contributed by atoms with Crippen LogP contribution >= 0.6 is 45.9 Å². The molecule has 2 atom stereocenters. The SMILES string of the molecule is OC1C=CCC(c2sc3c(NCc4cccs4)cc(Cl)nc3c2Cl)C1. The topological polar surface area (TPSA) is 45.1 Å². The maximum atomic E-state index is 9.92. The second-order valence-corrected chi connectivity index (χ2v) is 8.90. The van der Waals surface area contributed by atoms with Crippen LogP contribution in [-0.2, 0) is 6.54 Å². The molecule has 2 unspecified atom stereocenters. The predicted octanol–water partition coefficient (Wildman–Crippen LogP) is 6.07. The number of nitrogens with one attached hydrogen (secondary N) is 1. The van der Waals surface area contributed by atoms with Crippen molar-refractivity contribution in [3.8, 4) is 0 Å². The number of aromatic nitrogens is 1. The fraction of sp³-hybridized carbons (Fsp3) is 0.278. The largest absolute Gasteiger partial charge is 0.389 e. The molecule has 0 fully saturated rings. The first-order valence-electron chi connectivity index (χ1n) is 8.01. The molecule has 0 spiro atoms. The molecule has 2 N–H and O–H groups in total. The molecular weight excluding hydrogens is 395 g/mol. The molecule has 0 aromatic carbocycles. The van der Waals surface area contributed by atoms with Crippen LogP contribution in [0.4, 0.5) is 5.69 Å². The van der Waals surface area contributed by atoms with Crippen LogP contribution in [0.5, 0.6) is 0 Å². The number of halogens is 2. The summed E-state index contributed by atoms with van der Waals surface area (Å²) < 4.78 is 1.02. The van der Waals surface area contributed by atoms with Crippen molar-refractivity contribution in [1.29, 1.82) is 0 Å². The van der Waals surface area contributed by atoms with E-state index in [4.69, 9.17) is 23.2 Å². The monoisotopic (exact) mass is 410 g/mol. The maximum absolute atomic E-state index is 9.92. The molecule has 3 heterocycles. The van der Waals surface area contributed by atoms with Gasteiger partial charge in [-0.05, 0) is 24.3 Å². The molecule has 130 valence electrons. The van der Waals surface area contributed by atoms with Crippen LogP contribution in [0, 0.1) is 0 Å². The van der Waals surface area contributed by atoms with Crippen LogP contribution in [0.1, 0.15) is 28.5 Å². The lowest BCUT2D eigenvalue weighted by molar-refractivity contribution is 0.196. The average Bonchev–Trinajstić information content (AvgIpc) is 3.21. The number of rotatable bonds is 4. The summed E-state index contributed by atoms with van der Waals surface area (Å²) in [7, 11) is 0. The van der Waals surface area contributed by atoms with Crippen LogP contribution in [0.15, 0.2) is 35.7 Å². The number of hydrogen-bond acceptors (Lipinski definition) is 5. The van der Waals surface area contributed by atoms with E-state index >= 15 is 0 Å². The molecule has 7 heteroatoms. The zero-order valence-electron chi connectivity index (χ0n) is 13.2. The Kier molecular flexibility index (Phi) is 5.02. The average molecular weight is 411 g/mol. The Hall–Kier alpha value is -1.11. The van der Waals surface area contributed by atoms with Crippen molar-refractivity contribution < 1.29 is 5.11 Å². The molecule has 25 heavy (non-hydrogen) atoms. The van der Waals surface area contributed by atoms with Crippen LogP contribution in [0.2, 0.25) is 10.2 Å². The third-order valence-corrected chi connectivity index (χ3v) is 7.23. The molecule has 1 aliphatic carbocycles.